The van der Waals surface area contributed by atoms with Gasteiger partial charge in [0.1, 0.15) is 11.6 Å². The van der Waals surface area contributed by atoms with Gasteiger partial charge in [-0.2, -0.15) is 13.2 Å². The predicted octanol–water partition coefficient (Wildman–Crippen LogP) is 7.67. The molecule has 4 N–H and O–H groups in total. The zero-order valence-corrected chi connectivity index (χ0v) is 25.5. The third-order valence-corrected chi connectivity index (χ3v) is 9.22. The third kappa shape index (κ3) is 4.89. The summed E-state index contributed by atoms with van der Waals surface area (Å²) < 4.78 is 63.7. The quantitative estimate of drug-likeness (QED) is 0.132. The van der Waals surface area contributed by atoms with E-state index in [4.69, 9.17) is 0 Å². The summed E-state index contributed by atoms with van der Waals surface area (Å²) in [6.45, 7) is 0.295. The number of fused-ring (bicyclic) bond motifs is 3. The Morgan fingerprint density at radius 3 is 2.21 bits per heavy atom. The fraction of sp³-hybridized carbons (Fsp3) is 0.162. The predicted molar refractivity (Wildman–Crippen MR) is 175 cm³/mol. The lowest BCUT2D eigenvalue weighted by molar-refractivity contribution is -0.270. The van der Waals surface area contributed by atoms with Gasteiger partial charge in [0.05, 0.1) is 17.6 Å². The zero-order chi connectivity index (χ0) is 34.0. The number of aromatic hydroxyl groups is 2. The van der Waals surface area contributed by atoms with Crippen molar-refractivity contribution in [2.24, 2.45) is 0 Å². The molecule has 0 radical (unpaired) electrons. The number of aliphatic hydroxyl groups is 1. The van der Waals surface area contributed by atoms with Gasteiger partial charge in [-0.15, -0.1) is 0 Å². The fourth-order valence-corrected chi connectivity index (χ4v) is 6.81. The average molecular weight is 656 g/mol. The first-order valence-corrected chi connectivity index (χ1v) is 15.1. The molecule has 2 atom stereocenters. The van der Waals surface area contributed by atoms with Crippen LogP contribution in [0.25, 0.3) is 38.5 Å². The largest absolute Gasteiger partial charge is 0.508 e. The standard InChI is InChI=1S/C37H29F4N3O4/c1-35(26-19-23(38)14-15-31(26)46,32-18-22-8-2-5-11-27(22)42-32)20-36(48,37(39,40)41)21-44-29-13-7-4-10-25(29)33(47)34(44)43-17-16-30(45)24-9-3-6-12-28(24)43/h2-19,42,46-48H,20-21H2,1H3. The van der Waals surface area contributed by atoms with E-state index < -0.39 is 41.7 Å². The van der Waals surface area contributed by atoms with Crippen LogP contribution in [0.1, 0.15) is 24.6 Å². The maximum Gasteiger partial charge on any atom is 0.418 e. The van der Waals surface area contributed by atoms with Crippen LogP contribution in [0.5, 0.6) is 11.5 Å². The van der Waals surface area contributed by atoms with Crippen LogP contribution >= 0.6 is 0 Å². The summed E-state index contributed by atoms with van der Waals surface area (Å²) in [6.07, 6.45) is -4.97. The molecule has 0 saturated carbocycles. The van der Waals surface area contributed by atoms with E-state index in [1.165, 1.54) is 34.4 Å². The van der Waals surface area contributed by atoms with Gasteiger partial charge in [0.2, 0.25) is 0 Å². The van der Waals surface area contributed by atoms with Gasteiger partial charge in [0.25, 0.3) is 0 Å². The lowest BCUT2D eigenvalue weighted by Crippen LogP contribution is -2.53. The Bertz CT molecular complexity index is 2380. The molecule has 0 saturated heterocycles. The lowest BCUT2D eigenvalue weighted by Gasteiger charge is -2.40. The second-order valence-electron chi connectivity index (χ2n) is 12.3. The molecule has 2 unspecified atom stereocenters. The highest BCUT2D eigenvalue weighted by atomic mass is 19.4. The minimum atomic E-state index is -5.27. The van der Waals surface area contributed by atoms with E-state index in [1.54, 1.807) is 72.8 Å². The fourth-order valence-electron chi connectivity index (χ4n) is 6.81. The summed E-state index contributed by atoms with van der Waals surface area (Å²) in [5, 5.41) is 35.7. The minimum absolute atomic E-state index is 0.101. The number of halogens is 4. The maximum atomic E-state index is 15.5. The van der Waals surface area contributed by atoms with Gasteiger partial charge in [-0.1, -0.05) is 42.5 Å². The number of aromatic amines is 1. The highest BCUT2D eigenvalue weighted by molar-refractivity contribution is 5.92. The number of pyridine rings is 1. The first-order chi connectivity index (χ1) is 22.8. The molecule has 0 bridgehead atoms. The van der Waals surface area contributed by atoms with E-state index in [1.807, 2.05) is 0 Å². The Labute approximate surface area is 270 Å². The molecule has 0 aliphatic carbocycles. The second-order valence-corrected chi connectivity index (χ2v) is 12.3. The number of aromatic nitrogens is 3. The molecule has 3 aromatic heterocycles. The Morgan fingerprint density at radius 2 is 1.48 bits per heavy atom. The van der Waals surface area contributed by atoms with E-state index in [0.717, 1.165) is 18.2 Å². The first kappa shape index (κ1) is 31.1. The van der Waals surface area contributed by atoms with Crippen molar-refractivity contribution in [3.8, 4) is 17.3 Å². The molecule has 0 aliphatic rings. The van der Waals surface area contributed by atoms with Crippen LogP contribution in [0.4, 0.5) is 17.6 Å². The molecule has 244 valence electrons. The van der Waals surface area contributed by atoms with Crippen molar-refractivity contribution >= 4 is 32.7 Å². The zero-order valence-electron chi connectivity index (χ0n) is 25.5. The van der Waals surface area contributed by atoms with E-state index in [2.05, 4.69) is 4.98 Å². The number of hydrogen-bond donors (Lipinski definition) is 4. The number of benzene rings is 4. The van der Waals surface area contributed by atoms with Crippen molar-refractivity contribution in [1.29, 1.82) is 0 Å². The summed E-state index contributed by atoms with van der Waals surface area (Å²) in [4.78, 5) is 15.8. The molecule has 3 heterocycles. The van der Waals surface area contributed by atoms with Crippen molar-refractivity contribution in [2.75, 3.05) is 0 Å². The molecule has 11 heteroatoms. The monoisotopic (exact) mass is 655 g/mol. The Balaban J connectivity index is 1.47. The molecule has 0 fully saturated rings. The molecule has 0 amide bonds. The van der Waals surface area contributed by atoms with Gasteiger partial charge >= 0.3 is 6.18 Å². The number of para-hydroxylation sites is 3. The van der Waals surface area contributed by atoms with Crippen LogP contribution in [0, 0.1) is 5.82 Å². The Morgan fingerprint density at radius 1 is 0.812 bits per heavy atom. The number of rotatable bonds is 7. The van der Waals surface area contributed by atoms with E-state index in [-0.39, 0.29) is 44.5 Å². The van der Waals surface area contributed by atoms with Crippen molar-refractivity contribution in [1.82, 2.24) is 14.1 Å². The lowest BCUT2D eigenvalue weighted by atomic mass is 9.70. The smallest absolute Gasteiger partial charge is 0.418 e. The average Bonchev–Trinajstić information content (AvgIpc) is 3.62. The van der Waals surface area contributed by atoms with Crippen LogP contribution in [0.3, 0.4) is 0 Å². The van der Waals surface area contributed by atoms with Crippen LogP contribution in [0.2, 0.25) is 0 Å². The molecule has 7 rings (SSSR count). The maximum absolute atomic E-state index is 15.5. The highest BCUT2D eigenvalue weighted by Crippen LogP contribution is 2.49. The van der Waals surface area contributed by atoms with Crippen LogP contribution in [-0.4, -0.2) is 41.2 Å². The van der Waals surface area contributed by atoms with E-state index in [9.17, 15) is 24.5 Å². The number of H-pyrrole nitrogens is 1. The first-order valence-electron chi connectivity index (χ1n) is 15.1. The number of phenolic OH excluding ortho intramolecular Hbond substituents is 1. The summed E-state index contributed by atoms with van der Waals surface area (Å²) in [7, 11) is 0. The number of alkyl halides is 3. The Kier molecular flexibility index (Phi) is 7.13. The summed E-state index contributed by atoms with van der Waals surface area (Å²) in [5.74, 6) is -1.69. The summed E-state index contributed by atoms with van der Waals surface area (Å²) in [6, 6.07) is 25.7. The topological polar surface area (TPSA) is 103 Å². The van der Waals surface area contributed by atoms with Crippen molar-refractivity contribution in [2.45, 2.75) is 37.1 Å². The summed E-state index contributed by atoms with van der Waals surface area (Å²) in [5.41, 5.74) is -4.52. The molecule has 48 heavy (non-hydrogen) atoms. The number of nitrogens with one attached hydrogen (secondary N) is 1. The second kappa shape index (κ2) is 11.0. The third-order valence-electron chi connectivity index (χ3n) is 9.22. The molecular weight excluding hydrogens is 626 g/mol. The van der Waals surface area contributed by atoms with Crippen molar-refractivity contribution in [3.63, 3.8) is 0 Å². The van der Waals surface area contributed by atoms with Crippen LogP contribution < -0.4 is 5.43 Å². The number of phenols is 1. The molecule has 7 aromatic rings. The van der Waals surface area contributed by atoms with Crippen molar-refractivity contribution in [3.05, 3.63) is 137 Å². The number of nitrogens with zero attached hydrogens (tertiary/aromatic N) is 2. The van der Waals surface area contributed by atoms with Gasteiger partial charge in [-0.25, -0.2) is 4.39 Å². The molecule has 7 nitrogen and oxygen atoms in total. The van der Waals surface area contributed by atoms with Gasteiger partial charge < -0.3 is 24.9 Å². The van der Waals surface area contributed by atoms with Gasteiger partial charge in [-0.3, -0.25) is 9.36 Å². The van der Waals surface area contributed by atoms with E-state index in [0.29, 0.717) is 16.4 Å². The van der Waals surface area contributed by atoms with E-state index >= 15 is 13.2 Å². The Hall–Kier alpha value is -5.55. The van der Waals surface area contributed by atoms with Gasteiger partial charge in [0.15, 0.2) is 22.6 Å². The van der Waals surface area contributed by atoms with Crippen LogP contribution in [-0.2, 0) is 12.0 Å². The molecule has 4 aromatic carbocycles. The number of hydrogen-bond acceptors (Lipinski definition) is 4. The van der Waals surface area contributed by atoms with Crippen LogP contribution in [0.15, 0.2) is 114 Å². The highest BCUT2D eigenvalue weighted by Gasteiger charge is 2.58. The van der Waals surface area contributed by atoms with Gasteiger partial charge in [-0.05, 0) is 66.9 Å². The summed E-state index contributed by atoms with van der Waals surface area (Å²) >= 11 is 0. The molecule has 0 spiro atoms. The normalized spacial score (nSPS) is 14.8. The SMILES string of the molecule is CC(CC(O)(Cn1c(-n2ccc(=O)c3ccccc32)c(O)c2ccccc21)C(F)(F)F)(c1cc2ccccc2[nH]1)c1cc(F)ccc1O. The van der Waals surface area contributed by atoms with Crippen molar-refractivity contribution < 1.29 is 32.9 Å². The van der Waals surface area contributed by atoms with Gasteiger partial charge in [0, 0.05) is 51.6 Å². The molecule has 0 aliphatic heterocycles. The minimum Gasteiger partial charge on any atom is -0.508 e. The molecular formula is C37H29F4N3O4.